The van der Waals surface area contributed by atoms with Crippen LogP contribution < -0.4 is 10.6 Å². The summed E-state index contributed by atoms with van der Waals surface area (Å²) in [7, 11) is 0. The van der Waals surface area contributed by atoms with E-state index in [1.54, 1.807) is 17.0 Å². The molecule has 2 rings (SSSR count). The van der Waals surface area contributed by atoms with Crippen LogP contribution in [0.5, 0.6) is 0 Å². The van der Waals surface area contributed by atoms with Crippen LogP contribution in [-0.2, 0) is 4.74 Å². The molecule has 1 aliphatic carbocycles. The molecule has 0 aliphatic heterocycles. The highest BCUT2D eigenvalue weighted by Crippen LogP contribution is 2.33. The van der Waals surface area contributed by atoms with Crippen molar-refractivity contribution in [2.45, 2.75) is 45.3 Å². The van der Waals surface area contributed by atoms with E-state index in [4.69, 9.17) is 10.5 Å². The van der Waals surface area contributed by atoms with Crippen LogP contribution in [0.4, 0.5) is 16.2 Å². The lowest BCUT2D eigenvalue weighted by atomic mass is 10.2. The molecule has 0 heterocycles. The third-order valence-electron chi connectivity index (χ3n) is 2.67. The average Bonchev–Trinajstić information content (AvgIpc) is 3.03. The van der Waals surface area contributed by atoms with Gasteiger partial charge in [0.15, 0.2) is 0 Å². The van der Waals surface area contributed by atoms with Crippen molar-refractivity contribution in [1.29, 1.82) is 0 Å². The molecular formula is C14H20N2O2. The normalized spacial score (nSPS) is 15.3. The highest BCUT2D eigenvalue weighted by atomic mass is 16.6. The van der Waals surface area contributed by atoms with Gasteiger partial charge in [-0.3, -0.25) is 4.90 Å². The van der Waals surface area contributed by atoms with Crippen molar-refractivity contribution in [1.82, 2.24) is 0 Å². The first-order chi connectivity index (χ1) is 8.37. The molecule has 0 saturated heterocycles. The van der Waals surface area contributed by atoms with Gasteiger partial charge in [0, 0.05) is 17.4 Å². The molecule has 4 heteroatoms. The number of hydrogen-bond donors (Lipinski definition) is 1. The van der Waals surface area contributed by atoms with E-state index in [0.717, 1.165) is 18.5 Å². The van der Waals surface area contributed by atoms with Crippen molar-refractivity contribution < 1.29 is 9.53 Å². The van der Waals surface area contributed by atoms with Crippen molar-refractivity contribution in [3.05, 3.63) is 24.3 Å². The minimum absolute atomic E-state index is 0.267. The number of hydrogen-bond acceptors (Lipinski definition) is 3. The fraction of sp³-hybridized carbons (Fsp3) is 0.500. The Kier molecular flexibility index (Phi) is 3.20. The van der Waals surface area contributed by atoms with Crippen LogP contribution in [0.3, 0.4) is 0 Å². The molecule has 0 unspecified atom stereocenters. The second-order valence-corrected chi connectivity index (χ2v) is 5.67. The molecule has 1 aromatic carbocycles. The van der Waals surface area contributed by atoms with Crippen molar-refractivity contribution in [2.75, 3.05) is 10.6 Å². The summed E-state index contributed by atoms with van der Waals surface area (Å²) in [5, 5.41) is 0. The van der Waals surface area contributed by atoms with Gasteiger partial charge in [0.1, 0.15) is 5.60 Å². The minimum atomic E-state index is -0.474. The second-order valence-electron chi connectivity index (χ2n) is 5.67. The zero-order chi connectivity index (χ0) is 13.3. The van der Waals surface area contributed by atoms with Gasteiger partial charge >= 0.3 is 6.09 Å². The fourth-order valence-corrected chi connectivity index (χ4v) is 1.74. The van der Waals surface area contributed by atoms with E-state index < -0.39 is 5.60 Å². The second kappa shape index (κ2) is 4.52. The van der Waals surface area contributed by atoms with E-state index >= 15 is 0 Å². The van der Waals surface area contributed by atoms with Gasteiger partial charge in [-0.2, -0.15) is 0 Å². The summed E-state index contributed by atoms with van der Waals surface area (Å²) in [6.45, 7) is 5.62. The predicted molar refractivity (Wildman–Crippen MR) is 72.6 cm³/mol. The molecule has 0 atom stereocenters. The Bertz CT molecular complexity index is 430. The molecule has 1 saturated carbocycles. The number of carbonyl (C=O) groups excluding carboxylic acids is 1. The SMILES string of the molecule is CC(C)(C)OC(=O)N(c1ccc(N)cc1)C1CC1. The smallest absolute Gasteiger partial charge is 0.415 e. The number of rotatable bonds is 2. The van der Waals surface area contributed by atoms with E-state index in [-0.39, 0.29) is 12.1 Å². The third-order valence-corrected chi connectivity index (χ3v) is 2.67. The molecule has 0 aromatic heterocycles. The molecule has 18 heavy (non-hydrogen) atoms. The first kappa shape index (κ1) is 12.7. The fourth-order valence-electron chi connectivity index (χ4n) is 1.74. The highest BCUT2D eigenvalue weighted by Gasteiger charge is 2.36. The largest absolute Gasteiger partial charge is 0.443 e. The van der Waals surface area contributed by atoms with E-state index in [9.17, 15) is 4.79 Å². The van der Waals surface area contributed by atoms with Crippen LogP contribution in [0.25, 0.3) is 0 Å². The quantitative estimate of drug-likeness (QED) is 0.818. The van der Waals surface area contributed by atoms with E-state index in [0.29, 0.717) is 5.69 Å². The van der Waals surface area contributed by atoms with Gasteiger partial charge in [0.05, 0.1) is 0 Å². The van der Waals surface area contributed by atoms with E-state index in [1.165, 1.54) is 0 Å². The summed E-state index contributed by atoms with van der Waals surface area (Å²) in [4.78, 5) is 13.9. The Morgan fingerprint density at radius 2 is 1.83 bits per heavy atom. The standard InChI is InChI=1S/C14H20N2O2/c1-14(2,3)18-13(17)16(12-8-9-12)11-6-4-10(15)5-7-11/h4-7,12H,8-9,15H2,1-3H3. The van der Waals surface area contributed by atoms with Crippen molar-refractivity contribution in [2.24, 2.45) is 0 Å². The molecule has 1 aliphatic rings. The Labute approximate surface area is 108 Å². The number of anilines is 2. The minimum Gasteiger partial charge on any atom is -0.443 e. The zero-order valence-corrected chi connectivity index (χ0v) is 11.1. The molecule has 0 spiro atoms. The summed E-state index contributed by atoms with van der Waals surface area (Å²) >= 11 is 0. The first-order valence-corrected chi connectivity index (χ1v) is 6.24. The summed E-state index contributed by atoms with van der Waals surface area (Å²) in [6, 6.07) is 7.59. The average molecular weight is 248 g/mol. The molecule has 1 fully saturated rings. The lowest BCUT2D eigenvalue weighted by molar-refractivity contribution is 0.0578. The zero-order valence-electron chi connectivity index (χ0n) is 11.1. The third kappa shape index (κ3) is 3.15. The van der Waals surface area contributed by atoms with Gasteiger partial charge in [0.2, 0.25) is 0 Å². The van der Waals surface area contributed by atoms with Crippen LogP contribution in [0.2, 0.25) is 0 Å². The number of benzene rings is 1. The molecule has 0 radical (unpaired) electrons. The number of ether oxygens (including phenoxy) is 1. The Morgan fingerprint density at radius 3 is 2.28 bits per heavy atom. The maximum absolute atomic E-state index is 12.2. The number of nitrogens with zero attached hydrogens (tertiary/aromatic N) is 1. The van der Waals surface area contributed by atoms with E-state index in [2.05, 4.69) is 0 Å². The number of nitrogens with two attached hydrogens (primary N) is 1. The Hall–Kier alpha value is -1.71. The number of carbonyl (C=O) groups is 1. The van der Waals surface area contributed by atoms with Gasteiger partial charge < -0.3 is 10.5 Å². The topological polar surface area (TPSA) is 55.6 Å². The van der Waals surface area contributed by atoms with E-state index in [1.807, 2.05) is 32.9 Å². The number of nitrogen functional groups attached to an aromatic ring is 1. The summed E-state index contributed by atoms with van der Waals surface area (Å²) in [6.07, 6.45) is 1.78. The van der Waals surface area contributed by atoms with Crippen LogP contribution in [0.15, 0.2) is 24.3 Å². The van der Waals surface area contributed by atoms with Crippen molar-refractivity contribution >= 4 is 17.5 Å². The maximum atomic E-state index is 12.2. The van der Waals surface area contributed by atoms with Crippen LogP contribution in [0.1, 0.15) is 33.6 Å². The van der Waals surface area contributed by atoms with Gasteiger partial charge in [-0.1, -0.05) is 0 Å². The number of amides is 1. The molecular weight excluding hydrogens is 228 g/mol. The monoisotopic (exact) mass is 248 g/mol. The highest BCUT2D eigenvalue weighted by molar-refractivity contribution is 5.89. The van der Waals surface area contributed by atoms with Gasteiger partial charge in [-0.05, 0) is 57.9 Å². The lowest BCUT2D eigenvalue weighted by Gasteiger charge is -2.27. The summed E-state index contributed by atoms with van der Waals surface area (Å²) < 4.78 is 5.44. The summed E-state index contributed by atoms with van der Waals surface area (Å²) in [5.41, 5.74) is 6.73. The molecule has 98 valence electrons. The van der Waals surface area contributed by atoms with Gasteiger partial charge in [-0.15, -0.1) is 0 Å². The first-order valence-electron chi connectivity index (χ1n) is 6.24. The van der Waals surface area contributed by atoms with Crippen molar-refractivity contribution in [3.63, 3.8) is 0 Å². The van der Waals surface area contributed by atoms with Crippen LogP contribution >= 0.6 is 0 Å². The van der Waals surface area contributed by atoms with Crippen molar-refractivity contribution in [3.8, 4) is 0 Å². The van der Waals surface area contributed by atoms with Gasteiger partial charge in [0.25, 0.3) is 0 Å². The molecule has 0 bridgehead atoms. The Morgan fingerprint density at radius 1 is 1.28 bits per heavy atom. The van der Waals surface area contributed by atoms with Gasteiger partial charge in [-0.25, -0.2) is 4.79 Å². The summed E-state index contributed by atoms with van der Waals surface area (Å²) in [5.74, 6) is 0. The molecule has 1 aromatic rings. The molecule has 4 nitrogen and oxygen atoms in total. The van der Waals surface area contributed by atoms with Crippen LogP contribution in [0, 0.1) is 0 Å². The molecule has 2 N–H and O–H groups in total. The Balaban J connectivity index is 2.18. The predicted octanol–water partition coefficient (Wildman–Crippen LogP) is 3.17. The maximum Gasteiger partial charge on any atom is 0.415 e. The van der Waals surface area contributed by atoms with Crippen LogP contribution in [-0.4, -0.2) is 17.7 Å². The lowest BCUT2D eigenvalue weighted by Crippen LogP contribution is -2.38. The molecule has 1 amide bonds.